The summed E-state index contributed by atoms with van der Waals surface area (Å²) in [5.74, 6) is 0. The van der Waals surface area contributed by atoms with Gasteiger partial charge in [-0.15, -0.1) is 0 Å². The molecule has 1 aromatic rings. The van der Waals surface area contributed by atoms with Crippen molar-refractivity contribution >= 4 is 0 Å². The molecule has 0 amide bonds. The maximum absolute atomic E-state index is 9.50. The summed E-state index contributed by atoms with van der Waals surface area (Å²) in [5.41, 5.74) is 2.71. The maximum Gasteiger partial charge on any atom is 0.0564 e. The van der Waals surface area contributed by atoms with Gasteiger partial charge in [-0.1, -0.05) is 29.8 Å². The maximum atomic E-state index is 9.50. The van der Waals surface area contributed by atoms with Crippen LogP contribution in [0.2, 0.25) is 0 Å². The lowest BCUT2D eigenvalue weighted by atomic mass is 10.0. The van der Waals surface area contributed by atoms with Crippen LogP contribution in [-0.4, -0.2) is 29.2 Å². The summed E-state index contributed by atoms with van der Waals surface area (Å²) in [6.07, 6.45) is 1.74. The Bertz CT molecular complexity index is 342. The molecule has 1 atom stereocenters. The van der Waals surface area contributed by atoms with Crippen molar-refractivity contribution in [1.29, 1.82) is 0 Å². The van der Waals surface area contributed by atoms with Crippen molar-refractivity contribution in [1.82, 2.24) is 4.90 Å². The molecule has 1 N–H and O–H groups in total. The summed E-state index contributed by atoms with van der Waals surface area (Å²) in [7, 11) is 0. The summed E-state index contributed by atoms with van der Waals surface area (Å²) in [4.78, 5) is 2.46. The van der Waals surface area contributed by atoms with Crippen molar-refractivity contribution in [3.63, 3.8) is 0 Å². The Hall–Kier alpha value is -0.860. The van der Waals surface area contributed by atoms with E-state index in [0.717, 1.165) is 25.9 Å². The van der Waals surface area contributed by atoms with Crippen molar-refractivity contribution in [3.05, 3.63) is 35.4 Å². The standard InChI is InChI=1S/C14H21NO/c1-11-4-3-5-13(10-11)12(2)15-8-6-14(16)7-9-15/h3-5,10,12,14,16H,6-9H2,1-2H3. The molecule has 0 radical (unpaired) electrons. The lowest BCUT2D eigenvalue weighted by molar-refractivity contribution is 0.0645. The third kappa shape index (κ3) is 2.63. The average Bonchev–Trinajstić information content (AvgIpc) is 2.29. The van der Waals surface area contributed by atoms with Gasteiger partial charge in [0.2, 0.25) is 0 Å². The lowest BCUT2D eigenvalue weighted by Crippen LogP contribution is -2.37. The molecule has 0 aliphatic carbocycles. The van der Waals surface area contributed by atoms with Gasteiger partial charge in [-0.3, -0.25) is 4.90 Å². The summed E-state index contributed by atoms with van der Waals surface area (Å²) >= 11 is 0. The first-order valence-corrected chi connectivity index (χ1v) is 6.15. The molecule has 1 fully saturated rings. The van der Waals surface area contributed by atoms with E-state index >= 15 is 0 Å². The summed E-state index contributed by atoms with van der Waals surface area (Å²) < 4.78 is 0. The van der Waals surface area contributed by atoms with E-state index in [1.54, 1.807) is 0 Å². The largest absolute Gasteiger partial charge is 0.393 e. The van der Waals surface area contributed by atoms with Gasteiger partial charge < -0.3 is 5.11 Å². The first kappa shape index (κ1) is 11.6. The van der Waals surface area contributed by atoms with Crippen LogP contribution in [-0.2, 0) is 0 Å². The topological polar surface area (TPSA) is 23.5 Å². The summed E-state index contributed by atoms with van der Waals surface area (Å²) in [6.45, 7) is 6.41. The smallest absolute Gasteiger partial charge is 0.0564 e. The molecule has 0 aromatic heterocycles. The molecule has 0 spiro atoms. The molecule has 1 unspecified atom stereocenters. The fraction of sp³-hybridized carbons (Fsp3) is 0.571. The van der Waals surface area contributed by atoms with Gasteiger partial charge in [0.1, 0.15) is 0 Å². The van der Waals surface area contributed by atoms with Crippen LogP contribution in [0.4, 0.5) is 0 Å². The van der Waals surface area contributed by atoms with Gasteiger partial charge in [0, 0.05) is 19.1 Å². The van der Waals surface area contributed by atoms with Crippen molar-refractivity contribution < 1.29 is 5.11 Å². The van der Waals surface area contributed by atoms with E-state index < -0.39 is 0 Å². The minimum absolute atomic E-state index is 0.0824. The number of hydrogen-bond donors (Lipinski definition) is 1. The second-order valence-electron chi connectivity index (χ2n) is 4.86. The minimum Gasteiger partial charge on any atom is -0.393 e. The number of nitrogens with zero attached hydrogens (tertiary/aromatic N) is 1. The molecule has 0 saturated carbocycles. The van der Waals surface area contributed by atoms with E-state index in [1.165, 1.54) is 11.1 Å². The highest BCUT2D eigenvalue weighted by Gasteiger charge is 2.21. The molecule has 88 valence electrons. The first-order valence-electron chi connectivity index (χ1n) is 6.15. The number of aliphatic hydroxyl groups excluding tert-OH is 1. The molecule has 1 aromatic carbocycles. The van der Waals surface area contributed by atoms with Crippen LogP contribution in [0.1, 0.15) is 36.9 Å². The number of aryl methyl sites for hydroxylation is 1. The predicted octanol–water partition coefficient (Wildman–Crippen LogP) is 2.51. The Morgan fingerprint density at radius 1 is 1.31 bits per heavy atom. The molecular weight excluding hydrogens is 198 g/mol. The first-order chi connectivity index (χ1) is 7.66. The van der Waals surface area contributed by atoms with Gasteiger partial charge in [0.15, 0.2) is 0 Å². The fourth-order valence-corrected chi connectivity index (χ4v) is 2.41. The number of rotatable bonds is 2. The Kier molecular flexibility index (Phi) is 3.62. The van der Waals surface area contributed by atoms with Crippen molar-refractivity contribution in [2.45, 2.75) is 38.8 Å². The van der Waals surface area contributed by atoms with Gasteiger partial charge >= 0.3 is 0 Å². The third-order valence-corrected chi connectivity index (χ3v) is 3.57. The number of piperidine rings is 1. The Labute approximate surface area is 97.9 Å². The van der Waals surface area contributed by atoms with E-state index in [9.17, 15) is 5.11 Å². The van der Waals surface area contributed by atoms with Crippen LogP contribution >= 0.6 is 0 Å². The van der Waals surface area contributed by atoms with E-state index in [-0.39, 0.29) is 6.10 Å². The molecule has 1 saturated heterocycles. The minimum atomic E-state index is -0.0824. The monoisotopic (exact) mass is 219 g/mol. The van der Waals surface area contributed by atoms with Gasteiger partial charge in [0.05, 0.1) is 6.10 Å². The van der Waals surface area contributed by atoms with Gasteiger partial charge in [-0.2, -0.15) is 0 Å². The van der Waals surface area contributed by atoms with Crippen LogP contribution in [0.3, 0.4) is 0 Å². The summed E-state index contributed by atoms with van der Waals surface area (Å²) in [5, 5.41) is 9.50. The normalized spacial score (nSPS) is 20.9. The van der Waals surface area contributed by atoms with Crippen LogP contribution in [0.25, 0.3) is 0 Å². The van der Waals surface area contributed by atoms with Gasteiger partial charge in [-0.25, -0.2) is 0 Å². The van der Waals surface area contributed by atoms with E-state index in [4.69, 9.17) is 0 Å². The second-order valence-corrected chi connectivity index (χ2v) is 4.86. The van der Waals surface area contributed by atoms with Crippen LogP contribution in [0.15, 0.2) is 24.3 Å². The Balaban J connectivity index is 2.04. The Morgan fingerprint density at radius 2 is 2.00 bits per heavy atom. The lowest BCUT2D eigenvalue weighted by Gasteiger charge is -2.34. The van der Waals surface area contributed by atoms with Gasteiger partial charge in [-0.05, 0) is 32.3 Å². The predicted molar refractivity (Wildman–Crippen MR) is 66.4 cm³/mol. The molecule has 0 bridgehead atoms. The van der Waals surface area contributed by atoms with E-state index in [2.05, 4.69) is 43.0 Å². The Morgan fingerprint density at radius 3 is 2.62 bits per heavy atom. The highest BCUT2D eigenvalue weighted by molar-refractivity contribution is 5.24. The van der Waals surface area contributed by atoms with E-state index in [1.807, 2.05) is 0 Å². The zero-order chi connectivity index (χ0) is 11.5. The molecule has 2 nitrogen and oxygen atoms in total. The number of aliphatic hydroxyl groups is 1. The van der Waals surface area contributed by atoms with E-state index in [0.29, 0.717) is 6.04 Å². The van der Waals surface area contributed by atoms with Crippen molar-refractivity contribution in [3.8, 4) is 0 Å². The number of likely N-dealkylation sites (tertiary alicyclic amines) is 1. The molecule has 1 heterocycles. The van der Waals surface area contributed by atoms with Gasteiger partial charge in [0.25, 0.3) is 0 Å². The van der Waals surface area contributed by atoms with Crippen LogP contribution in [0, 0.1) is 6.92 Å². The molecule has 16 heavy (non-hydrogen) atoms. The fourth-order valence-electron chi connectivity index (χ4n) is 2.41. The average molecular weight is 219 g/mol. The molecule has 2 rings (SSSR count). The third-order valence-electron chi connectivity index (χ3n) is 3.57. The zero-order valence-corrected chi connectivity index (χ0v) is 10.2. The zero-order valence-electron chi connectivity index (χ0n) is 10.2. The SMILES string of the molecule is Cc1cccc(C(C)N2CCC(O)CC2)c1. The highest BCUT2D eigenvalue weighted by atomic mass is 16.3. The number of benzene rings is 1. The highest BCUT2D eigenvalue weighted by Crippen LogP contribution is 2.24. The molecular formula is C14H21NO. The molecule has 2 heteroatoms. The number of hydrogen-bond acceptors (Lipinski definition) is 2. The molecule has 1 aliphatic rings. The van der Waals surface area contributed by atoms with Crippen LogP contribution < -0.4 is 0 Å². The quantitative estimate of drug-likeness (QED) is 0.826. The van der Waals surface area contributed by atoms with Crippen LogP contribution in [0.5, 0.6) is 0 Å². The molecule has 1 aliphatic heterocycles. The van der Waals surface area contributed by atoms with Crippen molar-refractivity contribution in [2.75, 3.05) is 13.1 Å². The van der Waals surface area contributed by atoms with Crippen molar-refractivity contribution in [2.24, 2.45) is 0 Å². The summed E-state index contributed by atoms with van der Waals surface area (Å²) in [6, 6.07) is 9.18. The second kappa shape index (κ2) is 4.98.